The minimum absolute atomic E-state index is 0.0792. The predicted molar refractivity (Wildman–Crippen MR) is 86.7 cm³/mol. The van der Waals surface area contributed by atoms with Gasteiger partial charge in [0.05, 0.1) is 13.0 Å². The van der Waals surface area contributed by atoms with E-state index in [1.165, 1.54) is 50.5 Å². The van der Waals surface area contributed by atoms with Crippen LogP contribution < -0.4 is 0 Å². The largest absolute Gasteiger partial charge is 0.469 e. The van der Waals surface area contributed by atoms with Crippen LogP contribution in [0.3, 0.4) is 0 Å². The highest BCUT2D eigenvalue weighted by Gasteiger charge is 2.27. The molecule has 0 heterocycles. The van der Waals surface area contributed by atoms with E-state index >= 15 is 0 Å². The summed E-state index contributed by atoms with van der Waals surface area (Å²) in [5.74, 6) is 0.525. The molecule has 21 heavy (non-hydrogen) atoms. The van der Waals surface area contributed by atoms with Crippen LogP contribution in [-0.4, -0.2) is 18.3 Å². The van der Waals surface area contributed by atoms with Gasteiger partial charge in [0.15, 0.2) is 0 Å². The van der Waals surface area contributed by atoms with E-state index in [2.05, 4.69) is 24.3 Å². The van der Waals surface area contributed by atoms with Crippen LogP contribution in [0.4, 0.5) is 0 Å². The molecule has 0 saturated heterocycles. The third-order valence-electron chi connectivity index (χ3n) is 4.64. The van der Waals surface area contributed by atoms with E-state index in [1.807, 2.05) is 11.8 Å². The van der Waals surface area contributed by atoms with Crippen molar-refractivity contribution in [3.8, 4) is 0 Å². The Labute approximate surface area is 131 Å². The van der Waals surface area contributed by atoms with E-state index in [0.717, 1.165) is 17.2 Å². The molecule has 0 N–H and O–H groups in total. The van der Waals surface area contributed by atoms with Crippen molar-refractivity contribution in [3.05, 3.63) is 29.8 Å². The third kappa shape index (κ3) is 4.03. The first-order valence-corrected chi connectivity index (χ1v) is 8.98. The molecule has 2 nitrogen and oxygen atoms in total. The predicted octanol–water partition coefficient (Wildman–Crippen LogP) is 4.78. The zero-order valence-corrected chi connectivity index (χ0v) is 13.5. The van der Waals surface area contributed by atoms with Crippen LogP contribution in [0.15, 0.2) is 29.2 Å². The van der Waals surface area contributed by atoms with Gasteiger partial charge in [-0.25, -0.2) is 0 Å². The van der Waals surface area contributed by atoms with E-state index in [9.17, 15) is 4.79 Å². The summed E-state index contributed by atoms with van der Waals surface area (Å²) in [6.07, 6.45) is 8.80. The molecule has 1 atom stereocenters. The Balaban J connectivity index is 1.69. The fourth-order valence-electron chi connectivity index (χ4n) is 3.25. The van der Waals surface area contributed by atoms with Crippen LogP contribution in [0, 0.1) is 5.92 Å². The van der Waals surface area contributed by atoms with E-state index in [0.29, 0.717) is 5.92 Å². The molecular formula is C18H24O2S. The molecule has 0 aliphatic heterocycles. The number of carbonyl (C=O) groups excluding carboxylic acids is 1. The second-order valence-corrected chi connectivity index (χ2v) is 7.72. The van der Waals surface area contributed by atoms with Crippen LogP contribution >= 0.6 is 11.8 Å². The van der Waals surface area contributed by atoms with Gasteiger partial charge in [-0.2, -0.15) is 0 Å². The Morgan fingerprint density at radius 3 is 2.43 bits per heavy atom. The van der Waals surface area contributed by atoms with Crippen LogP contribution in [-0.2, 0) is 9.53 Å². The van der Waals surface area contributed by atoms with E-state index in [1.54, 1.807) is 0 Å². The zero-order valence-electron chi connectivity index (χ0n) is 12.7. The molecule has 2 fully saturated rings. The van der Waals surface area contributed by atoms with Crippen LogP contribution in [0.2, 0.25) is 0 Å². The number of hydrogen-bond acceptors (Lipinski definition) is 3. The van der Waals surface area contributed by atoms with Gasteiger partial charge in [-0.15, -0.1) is 11.8 Å². The summed E-state index contributed by atoms with van der Waals surface area (Å²) in [6, 6.07) is 8.59. The minimum atomic E-state index is -0.0851. The van der Waals surface area contributed by atoms with Gasteiger partial charge >= 0.3 is 5.97 Å². The molecule has 3 heteroatoms. The van der Waals surface area contributed by atoms with E-state index in [4.69, 9.17) is 4.74 Å². The Morgan fingerprint density at radius 1 is 1.19 bits per heavy atom. The molecule has 0 aromatic heterocycles. The van der Waals surface area contributed by atoms with Crippen LogP contribution in [0.25, 0.3) is 0 Å². The highest BCUT2D eigenvalue weighted by molar-refractivity contribution is 8.00. The number of methoxy groups -OCH3 is 1. The summed E-state index contributed by atoms with van der Waals surface area (Å²) in [7, 11) is 1.50. The quantitative estimate of drug-likeness (QED) is 0.708. The lowest BCUT2D eigenvalue weighted by molar-refractivity contribution is -0.142. The number of thioether (sulfide) groups is 1. The van der Waals surface area contributed by atoms with Gasteiger partial charge in [-0.05, 0) is 42.9 Å². The van der Waals surface area contributed by atoms with Crippen LogP contribution in [0.1, 0.15) is 56.4 Å². The summed E-state index contributed by atoms with van der Waals surface area (Å²) < 4.78 is 5.04. The highest BCUT2D eigenvalue weighted by atomic mass is 32.2. The number of carbonyl (C=O) groups is 1. The van der Waals surface area contributed by atoms with Crippen molar-refractivity contribution in [1.82, 2.24) is 0 Å². The van der Waals surface area contributed by atoms with Gasteiger partial charge < -0.3 is 4.74 Å². The molecular weight excluding hydrogens is 280 g/mol. The molecule has 1 aromatic rings. The van der Waals surface area contributed by atoms with Crippen molar-refractivity contribution in [2.45, 2.75) is 61.0 Å². The Kier molecular flexibility index (Phi) is 4.89. The molecule has 0 bridgehead atoms. The molecule has 3 rings (SSSR count). The molecule has 2 aliphatic rings. The van der Waals surface area contributed by atoms with Gasteiger partial charge in [-0.1, -0.05) is 37.8 Å². The standard InChI is InChI=1S/C18H24O2S/c1-20-18(19)17(12-13-4-2-3-5-13)14-6-8-15(9-7-14)21-16-10-11-16/h6-9,13,16-17H,2-5,10-12H2,1H3. The summed E-state index contributed by atoms with van der Waals surface area (Å²) in [5.41, 5.74) is 1.12. The van der Waals surface area contributed by atoms with Gasteiger partial charge in [0.25, 0.3) is 0 Å². The summed E-state index contributed by atoms with van der Waals surface area (Å²) in [6.45, 7) is 0. The maximum Gasteiger partial charge on any atom is 0.313 e. The summed E-state index contributed by atoms with van der Waals surface area (Å²) in [5, 5.41) is 0.825. The first-order valence-electron chi connectivity index (χ1n) is 8.10. The lowest BCUT2D eigenvalue weighted by atomic mass is 9.88. The Morgan fingerprint density at radius 2 is 1.86 bits per heavy atom. The fourth-order valence-corrected chi connectivity index (χ4v) is 4.30. The maximum absolute atomic E-state index is 12.1. The lowest BCUT2D eigenvalue weighted by Gasteiger charge is -2.19. The molecule has 0 radical (unpaired) electrons. The van der Waals surface area contributed by atoms with Crippen molar-refractivity contribution in [2.24, 2.45) is 5.92 Å². The van der Waals surface area contributed by atoms with Gasteiger partial charge in [0, 0.05) is 10.1 Å². The number of benzene rings is 1. The molecule has 2 aliphatic carbocycles. The van der Waals surface area contributed by atoms with Gasteiger partial charge in [0.2, 0.25) is 0 Å². The molecule has 114 valence electrons. The van der Waals surface area contributed by atoms with Gasteiger partial charge in [-0.3, -0.25) is 4.79 Å². The Bertz CT molecular complexity index is 472. The van der Waals surface area contributed by atoms with Crippen molar-refractivity contribution in [2.75, 3.05) is 7.11 Å². The SMILES string of the molecule is COC(=O)C(CC1CCCC1)c1ccc(SC2CC2)cc1. The minimum Gasteiger partial charge on any atom is -0.469 e. The van der Waals surface area contributed by atoms with Crippen LogP contribution in [0.5, 0.6) is 0 Å². The van der Waals surface area contributed by atoms with Crippen molar-refractivity contribution < 1.29 is 9.53 Å². The first kappa shape index (κ1) is 15.0. The fraction of sp³-hybridized carbons (Fsp3) is 0.611. The third-order valence-corrected chi connectivity index (χ3v) is 5.99. The van der Waals surface area contributed by atoms with Gasteiger partial charge in [0.1, 0.15) is 0 Å². The van der Waals surface area contributed by atoms with Crippen molar-refractivity contribution in [3.63, 3.8) is 0 Å². The highest BCUT2D eigenvalue weighted by Crippen LogP contribution is 2.40. The maximum atomic E-state index is 12.1. The Hall–Kier alpha value is -0.960. The molecule has 0 spiro atoms. The second kappa shape index (κ2) is 6.87. The van der Waals surface area contributed by atoms with Crippen molar-refractivity contribution in [1.29, 1.82) is 0 Å². The number of rotatable bonds is 6. The number of esters is 1. The van der Waals surface area contributed by atoms with E-state index in [-0.39, 0.29) is 11.9 Å². The first-order chi connectivity index (χ1) is 10.3. The summed E-state index contributed by atoms with van der Waals surface area (Å²) >= 11 is 1.96. The summed E-state index contributed by atoms with van der Waals surface area (Å²) in [4.78, 5) is 13.5. The molecule has 0 amide bonds. The topological polar surface area (TPSA) is 26.3 Å². The second-order valence-electron chi connectivity index (χ2n) is 6.35. The monoisotopic (exact) mass is 304 g/mol. The molecule has 1 unspecified atom stereocenters. The molecule has 1 aromatic carbocycles. The van der Waals surface area contributed by atoms with Crippen molar-refractivity contribution >= 4 is 17.7 Å². The van der Waals surface area contributed by atoms with E-state index < -0.39 is 0 Å². The number of ether oxygens (including phenoxy) is 1. The lowest BCUT2D eigenvalue weighted by Crippen LogP contribution is -2.17. The number of hydrogen-bond donors (Lipinski definition) is 0. The average Bonchev–Trinajstić information content (AvgIpc) is 3.17. The zero-order chi connectivity index (χ0) is 14.7. The molecule has 2 saturated carbocycles. The normalized spacial score (nSPS) is 20.4. The smallest absolute Gasteiger partial charge is 0.313 e. The average molecular weight is 304 g/mol.